The second-order valence-electron chi connectivity index (χ2n) is 7.00. The van der Waals surface area contributed by atoms with Gasteiger partial charge < -0.3 is 20.5 Å². The molecule has 1 aliphatic rings. The van der Waals surface area contributed by atoms with Crippen molar-refractivity contribution in [3.05, 3.63) is 82.6 Å². The number of fused-ring (bicyclic) bond motifs is 2. The number of pyridine rings is 1. The zero-order chi connectivity index (χ0) is 22.3. The number of carbonyl (C=O) groups excluding carboxylic acids is 1. The van der Waals surface area contributed by atoms with Gasteiger partial charge in [-0.1, -0.05) is 28.1 Å². The molecule has 0 unspecified atom stereocenters. The first kappa shape index (κ1) is 16.5. The number of benzene rings is 2. The summed E-state index contributed by atoms with van der Waals surface area (Å²) in [5.41, 5.74) is 4.26. The summed E-state index contributed by atoms with van der Waals surface area (Å²) < 4.78 is 18.8. The van der Waals surface area contributed by atoms with Crippen LogP contribution in [-0.2, 0) is 12.9 Å². The number of nitrogens with one attached hydrogen (secondary N) is 3. The summed E-state index contributed by atoms with van der Waals surface area (Å²) in [4.78, 5) is 21.6. The molecule has 0 atom stereocenters. The van der Waals surface area contributed by atoms with Crippen LogP contribution in [0.5, 0.6) is 0 Å². The van der Waals surface area contributed by atoms with E-state index >= 15 is 0 Å². The molecular formula is C23H20BrN5O. The Hall–Kier alpha value is -3.32. The van der Waals surface area contributed by atoms with Crippen LogP contribution in [0.3, 0.4) is 0 Å². The third kappa shape index (κ3) is 3.64. The quantitative estimate of drug-likeness (QED) is 0.372. The SMILES string of the molecule is [2H]C([2H])(c1ccnc2[nH]ccc12)N1CCc2c(NC(=O)Nc3cccc(Br)c3)cccc21. The van der Waals surface area contributed by atoms with Crippen LogP contribution < -0.4 is 15.5 Å². The number of anilines is 3. The lowest BCUT2D eigenvalue weighted by Gasteiger charge is -2.20. The topological polar surface area (TPSA) is 73.0 Å². The van der Waals surface area contributed by atoms with E-state index in [-0.39, 0.29) is 6.03 Å². The van der Waals surface area contributed by atoms with Crippen LogP contribution in [0.15, 0.2) is 71.5 Å². The summed E-state index contributed by atoms with van der Waals surface area (Å²) in [5.74, 6) is 0. The smallest absolute Gasteiger partial charge is 0.323 e. The highest BCUT2D eigenvalue weighted by Crippen LogP contribution is 2.35. The summed E-state index contributed by atoms with van der Waals surface area (Å²) >= 11 is 3.40. The summed E-state index contributed by atoms with van der Waals surface area (Å²) in [6.45, 7) is -1.24. The molecule has 7 heteroatoms. The number of nitrogens with zero attached hydrogens (tertiary/aromatic N) is 2. The number of urea groups is 1. The van der Waals surface area contributed by atoms with Gasteiger partial charge in [-0.05, 0) is 54.4 Å². The first-order chi connectivity index (χ1) is 15.4. The first-order valence-electron chi connectivity index (χ1n) is 10.6. The minimum absolute atomic E-state index is 0.346. The Morgan fingerprint density at radius 2 is 2.10 bits per heavy atom. The number of hydrogen-bond acceptors (Lipinski definition) is 3. The Bertz CT molecular complexity index is 1320. The normalized spacial score (nSPS) is 14.2. The molecule has 0 spiro atoms. The van der Waals surface area contributed by atoms with Crippen LogP contribution in [0.25, 0.3) is 11.0 Å². The highest BCUT2D eigenvalue weighted by molar-refractivity contribution is 9.10. The van der Waals surface area contributed by atoms with Crippen molar-refractivity contribution in [2.24, 2.45) is 0 Å². The molecule has 0 bridgehead atoms. The summed E-state index contributed by atoms with van der Waals surface area (Å²) in [6, 6.07) is 16.2. The number of aromatic nitrogens is 2. The molecule has 0 radical (unpaired) electrons. The van der Waals surface area contributed by atoms with E-state index in [4.69, 9.17) is 2.74 Å². The Morgan fingerprint density at radius 1 is 1.20 bits per heavy atom. The molecule has 2 aromatic heterocycles. The van der Waals surface area contributed by atoms with Crippen molar-refractivity contribution in [3.63, 3.8) is 0 Å². The molecule has 0 saturated heterocycles. The minimum atomic E-state index is -1.74. The summed E-state index contributed by atoms with van der Waals surface area (Å²) in [5, 5.41) is 6.50. The molecule has 3 N–H and O–H groups in total. The summed E-state index contributed by atoms with van der Waals surface area (Å²) in [7, 11) is 0. The first-order valence-corrected chi connectivity index (χ1v) is 10.4. The van der Waals surface area contributed by atoms with Gasteiger partial charge in [0, 0.05) is 57.9 Å². The Kier molecular flexibility index (Phi) is 4.30. The van der Waals surface area contributed by atoms with Crippen molar-refractivity contribution in [2.45, 2.75) is 12.9 Å². The van der Waals surface area contributed by atoms with E-state index in [0.717, 1.165) is 21.1 Å². The van der Waals surface area contributed by atoms with Gasteiger partial charge in [-0.15, -0.1) is 0 Å². The fourth-order valence-corrected chi connectivity index (χ4v) is 4.12. The van der Waals surface area contributed by atoms with Crippen molar-refractivity contribution in [1.82, 2.24) is 9.97 Å². The van der Waals surface area contributed by atoms with Crippen molar-refractivity contribution in [2.75, 3.05) is 22.1 Å². The Balaban J connectivity index is 1.42. The van der Waals surface area contributed by atoms with Crippen LogP contribution in [0, 0.1) is 0 Å². The van der Waals surface area contributed by atoms with Crippen LogP contribution in [0.1, 0.15) is 13.9 Å². The molecule has 0 fully saturated rings. The molecule has 2 amide bonds. The lowest BCUT2D eigenvalue weighted by Crippen LogP contribution is -2.20. The Labute approximate surface area is 185 Å². The monoisotopic (exact) mass is 463 g/mol. The zero-order valence-electron chi connectivity index (χ0n) is 17.9. The predicted molar refractivity (Wildman–Crippen MR) is 124 cm³/mol. The molecule has 6 nitrogen and oxygen atoms in total. The highest BCUT2D eigenvalue weighted by Gasteiger charge is 2.23. The van der Waals surface area contributed by atoms with Crippen molar-refractivity contribution in [1.29, 1.82) is 0 Å². The van der Waals surface area contributed by atoms with Gasteiger partial charge in [0.25, 0.3) is 0 Å². The number of aromatic amines is 1. The largest absolute Gasteiger partial charge is 0.367 e. The van der Waals surface area contributed by atoms with Crippen LogP contribution in [0.4, 0.5) is 21.9 Å². The van der Waals surface area contributed by atoms with Gasteiger partial charge >= 0.3 is 6.03 Å². The van der Waals surface area contributed by atoms with E-state index in [2.05, 4.69) is 36.5 Å². The highest BCUT2D eigenvalue weighted by atomic mass is 79.9. The molecule has 0 aliphatic carbocycles. The third-order valence-corrected chi connectivity index (χ3v) is 5.57. The van der Waals surface area contributed by atoms with Gasteiger partial charge in [-0.2, -0.15) is 0 Å². The number of carbonyl (C=O) groups is 1. The molecular weight excluding hydrogens is 442 g/mol. The van der Waals surface area contributed by atoms with Gasteiger partial charge in [-0.3, -0.25) is 0 Å². The second-order valence-corrected chi connectivity index (χ2v) is 7.92. The molecule has 0 saturated carbocycles. The molecule has 4 aromatic rings. The lowest BCUT2D eigenvalue weighted by molar-refractivity contribution is 0.262. The number of rotatable bonds is 4. The molecule has 2 aromatic carbocycles. The van der Waals surface area contributed by atoms with E-state index in [0.29, 0.717) is 35.6 Å². The number of halogens is 1. The second kappa shape index (κ2) is 7.84. The van der Waals surface area contributed by atoms with Crippen molar-refractivity contribution >= 4 is 50.1 Å². The van der Waals surface area contributed by atoms with Crippen molar-refractivity contribution in [3.8, 4) is 0 Å². The molecule has 5 rings (SSSR count). The maximum Gasteiger partial charge on any atom is 0.323 e. The van der Waals surface area contributed by atoms with E-state index in [9.17, 15) is 4.79 Å². The maximum absolute atomic E-state index is 12.6. The number of H-pyrrole nitrogens is 1. The van der Waals surface area contributed by atoms with Crippen LogP contribution in [-0.4, -0.2) is 22.5 Å². The van der Waals surface area contributed by atoms with Gasteiger partial charge in [0.15, 0.2) is 0 Å². The number of amides is 2. The lowest BCUT2D eigenvalue weighted by atomic mass is 10.1. The minimum Gasteiger partial charge on any atom is -0.367 e. The van der Waals surface area contributed by atoms with Gasteiger partial charge in [0.05, 0.1) is 2.74 Å². The molecule has 150 valence electrons. The van der Waals surface area contributed by atoms with E-state index in [1.54, 1.807) is 23.4 Å². The maximum atomic E-state index is 12.6. The molecule has 3 heterocycles. The summed E-state index contributed by atoms with van der Waals surface area (Å²) in [6.07, 6.45) is 4.01. The predicted octanol–water partition coefficient (Wildman–Crippen LogP) is 5.53. The van der Waals surface area contributed by atoms with Gasteiger partial charge in [0.1, 0.15) is 5.65 Å². The van der Waals surface area contributed by atoms with Gasteiger partial charge in [0.2, 0.25) is 0 Å². The van der Waals surface area contributed by atoms with Crippen molar-refractivity contribution < 1.29 is 7.54 Å². The van der Waals surface area contributed by atoms with E-state index in [1.165, 1.54) is 0 Å². The zero-order valence-corrected chi connectivity index (χ0v) is 17.5. The van der Waals surface area contributed by atoms with E-state index in [1.807, 2.05) is 48.5 Å². The standard InChI is InChI=1S/C23H20BrN5O/c24-16-3-1-4-17(13-16)27-23(30)28-20-5-2-6-21-19(20)9-12-29(21)14-15-7-10-25-22-18(15)8-11-26-22/h1-8,10-11,13H,9,12,14H2,(H,25,26)(H2,27,28,30)/i14D2. The van der Waals surface area contributed by atoms with Crippen LogP contribution in [0.2, 0.25) is 0 Å². The van der Waals surface area contributed by atoms with E-state index < -0.39 is 6.50 Å². The number of hydrogen-bond donors (Lipinski definition) is 3. The fraction of sp³-hybridized carbons (Fsp3) is 0.130. The third-order valence-electron chi connectivity index (χ3n) is 5.07. The Morgan fingerprint density at radius 3 is 3.00 bits per heavy atom. The molecule has 30 heavy (non-hydrogen) atoms. The fourth-order valence-electron chi connectivity index (χ4n) is 3.72. The van der Waals surface area contributed by atoms with Gasteiger partial charge in [-0.25, -0.2) is 9.78 Å². The average molecular weight is 464 g/mol. The molecule has 1 aliphatic heterocycles. The average Bonchev–Trinajstić information content (AvgIpc) is 3.41. The van der Waals surface area contributed by atoms with Crippen LogP contribution >= 0.6 is 15.9 Å².